The average Bonchev–Trinajstić information content (AvgIpc) is 2.51. The third-order valence-electron chi connectivity index (χ3n) is 4.69. The van der Waals surface area contributed by atoms with Gasteiger partial charge in [0.1, 0.15) is 5.60 Å². The van der Waals surface area contributed by atoms with Crippen LogP contribution in [0.25, 0.3) is 0 Å². The van der Waals surface area contributed by atoms with E-state index in [1.165, 1.54) is 12.3 Å². The maximum absolute atomic E-state index is 12.6. The van der Waals surface area contributed by atoms with E-state index in [1.54, 1.807) is 11.0 Å². The Kier molecular flexibility index (Phi) is 10.1. The number of pyridine rings is 1. The molecule has 1 amide bonds. The SMILES string of the molecule is CC(C)(C)OC(=O)N(CCO[Si](C)(C)C(C)(C)C)Cc1ccc(C(=O)[O-])nc1.[Li+]. The molecule has 7 nitrogen and oxygen atoms in total. The molecule has 1 aromatic rings. The molecule has 0 aliphatic heterocycles. The van der Waals surface area contributed by atoms with Gasteiger partial charge in [0.2, 0.25) is 0 Å². The number of rotatable bonds is 7. The van der Waals surface area contributed by atoms with Gasteiger partial charge in [0.05, 0.1) is 24.8 Å². The van der Waals surface area contributed by atoms with Crippen LogP contribution in [-0.2, 0) is 15.7 Å². The van der Waals surface area contributed by atoms with Gasteiger partial charge in [-0.25, -0.2) is 4.79 Å². The summed E-state index contributed by atoms with van der Waals surface area (Å²) in [5, 5.41) is 10.9. The van der Waals surface area contributed by atoms with Crippen molar-refractivity contribution >= 4 is 20.4 Å². The van der Waals surface area contributed by atoms with Crippen molar-refractivity contribution in [1.82, 2.24) is 9.88 Å². The Balaban J connectivity index is 0.00000784. The first-order chi connectivity index (χ1) is 12.6. The Labute approximate surface area is 187 Å². The number of hydrogen-bond donors (Lipinski definition) is 0. The number of aromatic carboxylic acids is 1. The summed E-state index contributed by atoms with van der Waals surface area (Å²) in [5.41, 5.74) is -0.0656. The summed E-state index contributed by atoms with van der Waals surface area (Å²) >= 11 is 0. The summed E-state index contributed by atoms with van der Waals surface area (Å²) in [7, 11) is -1.93. The minimum atomic E-state index is -1.93. The second kappa shape index (κ2) is 10.6. The Hall–Kier alpha value is -1.34. The first kappa shape index (κ1) is 27.7. The zero-order chi connectivity index (χ0) is 21.8. The smallest absolute Gasteiger partial charge is 0.543 e. The minimum Gasteiger partial charge on any atom is -0.543 e. The average molecular weight is 417 g/mol. The molecule has 1 aromatic heterocycles. The fourth-order valence-corrected chi connectivity index (χ4v) is 3.08. The van der Waals surface area contributed by atoms with Gasteiger partial charge in [-0.1, -0.05) is 26.8 Å². The third kappa shape index (κ3) is 9.34. The number of amides is 1. The van der Waals surface area contributed by atoms with Crippen LogP contribution >= 0.6 is 0 Å². The number of aromatic nitrogens is 1. The molecule has 0 spiro atoms. The second-order valence-corrected chi connectivity index (χ2v) is 14.2. The van der Waals surface area contributed by atoms with Gasteiger partial charge in [0.25, 0.3) is 0 Å². The van der Waals surface area contributed by atoms with Gasteiger partial charge >= 0.3 is 25.0 Å². The van der Waals surface area contributed by atoms with Crippen molar-refractivity contribution in [2.75, 3.05) is 13.2 Å². The van der Waals surface area contributed by atoms with E-state index in [0.29, 0.717) is 18.7 Å². The maximum atomic E-state index is 12.6. The van der Waals surface area contributed by atoms with Crippen LogP contribution in [0.15, 0.2) is 18.3 Å². The van der Waals surface area contributed by atoms with Crippen molar-refractivity contribution in [3.8, 4) is 0 Å². The van der Waals surface area contributed by atoms with E-state index in [4.69, 9.17) is 9.16 Å². The van der Waals surface area contributed by atoms with E-state index in [-0.39, 0.29) is 36.1 Å². The molecule has 0 atom stereocenters. The van der Waals surface area contributed by atoms with Gasteiger partial charge in [0.15, 0.2) is 8.32 Å². The van der Waals surface area contributed by atoms with E-state index in [2.05, 4.69) is 38.8 Å². The number of hydrogen-bond acceptors (Lipinski definition) is 6. The summed E-state index contributed by atoms with van der Waals surface area (Å²) in [5.74, 6) is -1.33. The number of carboxylic acid groups (broad SMARTS) is 1. The van der Waals surface area contributed by atoms with Crippen LogP contribution in [0.2, 0.25) is 18.1 Å². The van der Waals surface area contributed by atoms with Gasteiger partial charge in [-0.3, -0.25) is 4.98 Å². The van der Waals surface area contributed by atoms with E-state index in [0.717, 1.165) is 0 Å². The van der Waals surface area contributed by atoms with Crippen molar-refractivity contribution in [3.05, 3.63) is 29.6 Å². The molecule has 0 aromatic carbocycles. The van der Waals surface area contributed by atoms with Crippen LogP contribution in [0.5, 0.6) is 0 Å². The van der Waals surface area contributed by atoms with Crippen molar-refractivity contribution < 1.29 is 42.7 Å². The number of carboxylic acids is 1. The summed E-state index contributed by atoms with van der Waals surface area (Å²) in [4.78, 5) is 28.9. The zero-order valence-corrected chi connectivity index (χ0v) is 20.3. The molecule has 1 rings (SSSR count). The molecule has 29 heavy (non-hydrogen) atoms. The molecule has 9 heteroatoms. The van der Waals surface area contributed by atoms with E-state index >= 15 is 0 Å². The minimum absolute atomic E-state index is 0. The molecular weight excluding hydrogens is 383 g/mol. The van der Waals surface area contributed by atoms with Crippen molar-refractivity contribution in [2.24, 2.45) is 0 Å². The number of carbonyl (C=O) groups excluding carboxylic acids is 2. The van der Waals surface area contributed by atoms with Crippen LogP contribution in [0.1, 0.15) is 57.6 Å². The standard InChI is InChI=1S/C20H34N2O5Si.Li/c1-19(2,3)27-18(25)22(11-12-26-28(7,8)20(4,5)6)14-15-9-10-16(17(23)24)21-13-15;/h9-10,13H,11-12,14H2,1-8H3,(H,23,24);/q;+1/p-1. The quantitative estimate of drug-likeness (QED) is 0.590. The molecule has 0 aliphatic carbocycles. The normalized spacial score (nSPS) is 12.1. The van der Waals surface area contributed by atoms with Gasteiger partial charge < -0.3 is 24.0 Å². The Morgan fingerprint density at radius 1 is 1.14 bits per heavy atom. The van der Waals surface area contributed by atoms with Crippen molar-refractivity contribution in [2.45, 2.75) is 71.8 Å². The largest absolute Gasteiger partial charge is 1.00 e. The molecular formula is C20H33LiN2O5Si. The van der Waals surface area contributed by atoms with E-state index in [9.17, 15) is 14.7 Å². The Morgan fingerprint density at radius 3 is 2.14 bits per heavy atom. The topological polar surface area (TPSA) is 91.8 Å². The predicted octanol–water partition coefficient (Wildman–Crippen LogP) is 0.208. The molecule has 1 heterocycles. The molecule has 0 saturated carbocycles. The van der Waals surface area contributed by atoms with Gasteiger partial charge in [-0.15, -0.1) is 0 Å². The Morgan fingerprint density at radius 2 is 1.72 bits per heavy atom. The van der Waals surface area contributed by atoms with E-state index in [1.807, 2.05) is 20.8 Å². The second-order valence-electron chi connectivity index (χ2n) is 9.35. The maximum Gasteiger partial charge on any atom is 1.00 e. The zero-order valence-electron chi connectivity index (χ0n) is 19.3. The number of nitrogens with zero attached hydrogens (tertiary/aromatic N) is 2. The van der Waals surface area contributed by atoms with Gasteiger partial charge in [-0.05, 0) is 50.5 Å². The summed E-state index contributed by atoms with van der Waals surface area (Å²) in [6, 6.07) is 2.98. The summed E-state index contributed by atoms with van der Waals surface area (Å²) in [6.07, 6.45) is 0.979. The van der Waals surface area contributed by atoms with Gasteiger partial charge in [0, 0.05) is 12.7 Å². The third-order valence-corrected chi connectivity index (χ3v) is 9.23. The molecule has 158 valence electrons. The molecule has 0 aliphatic rings. The van der Waals surface area contributed by atoms with Crippen molar-refractivity contribution in [1.29, 1.82) is 0 Å². The summed E-state index contributed by atoms with van der Waals surface area (Å²) in [6.45, 7) is 17.3. The summed E-state index contributed by atoms with van der Waals surface area (Å²) < 4.78 is 11.7. The molecule has 0 saturated heterocycles. The first-order valence-electron chi connectivity index (χ1n) is 9.40. The van der Waals surface area contributed by atoms with E-state index < -0.39 is 26.0 Å². The van der Waals surface area contributed by atoms with Crippen LogP contribution < -0.4 is 24.0 Å². The first-order valence-corrected chi connectivity index (χ1v) is 12.3. The monoisotopic (exact) mass is 416 g/mol. The molecule has 0 N–H and O–H groups in total. The van der Waals surface area contributed by atoms with Crippen LogP contribution in [-0.4, -0.2) is 49.0 Å². The molecule has 0 bridgehead atoms. The number of carbonyl (C=O) groups is 2. The van der Waals surface area contributed by atoms with Gasteiger partial charge in [-0.2, -0.15) is 0 Å². The predicted molar refractivity (Wildman–Crippen MR) is 108 cm³/mol. The van der Waals surface area contributed by atoms with Crippen LogP contribution in [0.4, 0.5) is 4.79 Å². The Bertz CT molecular complexity index is 682. The fraction of sp³-hybridized carbons (Fsp3) is 0.650. The van der Waals surface area contributed by atoms with Crippen LogP contribution in [0, 0.1) is 0 Å². The van der Waals surface area contributed by atoms with Crippen molar-refractivity contribution in [3.63, 3.8) is 0 Å². The number of ether oxygens (including phenoxy) is 1. The van der Waals surface area contributed by atoms with Crippen LogP contribution in [0.3, 0.4) is 0 Å². The fourth-order valence-electron chi connectivity index (χ4n) is 2.05. The molecule has 0 unspecified atom stereocenters. The molecule has 0 radical (unpaired) electrons. The molecule has 0 fully saturated rings.